The third kappa shape index (κ3) is 2.89. The van der Waals surface area contributed by atoms with Crippen LogP contribution < -0.4 is 0 Å². The van der Waals surface area contributed by atoms with Crippen molar-refractivity contribution < 1.29 is 14.3 Å². The van der Waals surface area contributed by atoms with Gasteiger partial charge in [0, 0.05) is 7.11 Å². The van der Waals surface area contributed by atoms with Gasteiger partial charge in [-0.3, -0.25) is 0 Å². The van der Waals surface area contributed by atoms with E-state index in [0.29, 0.717) is 12.2 Å². The first-order valence-corrected chi connectivity index (χ1v) is 6.43. The van der Waals surface area contributed by atoms with Crippen molar-refractivity contribution in [2.45, 2.75) is 13.5 Å². The number of aryl methyl sites for hydroxylation is 1. The molecule has 2 aromatic rings. The van der Waals surface area contributed by atoms with E-state index in [0.717, 1.165) is 16.7 Å². The molecule has 20 heavy (non-hydrogen) atoms. The quantitative estimate of drug-likeness (QED) is 0.796. The predicted octanol–water partition coefficient (Wildman–Crippen LogP) is 3.60. The Morgan fingerprint density at radius 2 is 1.80 bits per heavy atom. The van der Waals surface area contributed by atoms with Crippen LogP contribution in [0.1, 0.15) is 21.5 Å². The standard InChI is InChI=1S/C17H18O3/c1-12-6-4-5-7-15(12)16-9-8-13(17(18)20-3)10-14(16)11-19-2/h4-10H,11H2,1-3H3. The van der Waals surface area contributed by atoms with Crippen LogP contribution in [0.3, 0.4) is 0 Å². The van der Waals surface area contributed by atoms with E-state index in [-0.39, 0.29) is 5.97 Å². The SMILES string of the molecule is COCc1cc(C(=O)OC)ccc1-c1ccccc1C. The van der Waals surface area contributed by atoms with Gasteiger partial charge >= 0.3 is 5.97 Å². The lowest BCUT2D eigenvalue weighted by Gasteiger charge is -2.13. The van der Waals surface area contributed by atoms with E-state index in [4.69, 9.17) is 9.47 Å². The fraction of sp³-hybridized carbons (Fsp3) is 0.235. The molecule has 0 radical (unpaired) electrons. The fourth-order valence-corrected chi connectivity index (χ4v) is 2.25. The Balaban J connectivity index is 2.53. The maximum absolute atomic E-state index is 11.6. The van der Waals surface area contributed by atoms with Crippen LogP contribution in [0.25, 0.3) is 11.1 Å². The van der Waals surface area contributed by atoms with Crippen LogP contribution in [0.2, 0.25) is 0 Å². The van der Waals surface area contributed by atoms with Crippen LogP contribution in [0.5, 0.6) is 0 Å². The molecule has 0 aliphatic heterocycles. The zero-order valence-corrected chi connectivity index (χ0v) is 12.0. The third-order valence-corrected chi connectivity index (χ3v) is 3.26. The summed E-state index contributed by atoms with van der Waals surface area (Å²) in [7, 11) is 3.03. The average molecular weight is 270 g/mol. The van der Waals surface area contributed by atoms with Gasteiger partial charge in [0.2, 0.25) is 0 Å². The highest BCUT2D eigenvalue weighted by atomic mass is 16.5. The molecule has 0 aliphatic rings. The number of rotatable bonds is 4. The smallest absolute Gasteiger partial charge is 0.337 e. The summed E-state index contributed by atoms with van der Waals surface area (Å²) in [5.41, 5.74) is 4.94. The third-order valence-electron chi connectivity index (χ3n) is 3.26. The van der Waals surface area contributed by atoms with E-state index in [2.05, 4.69) is 19.1 Å². The van der Waals surface area contributed by atoms with Gasteiger partial charge in [0.1, 0.15) is 0 Å². The van der Waals surface area contributed by atoms with Gasteiger partial charge in [0.15, 0.2) is 0 Å². The number of ether oxygens (including phenoxy) is 2. The van der Waals surface area contributed by atoms with Crippen molar-refractivity contribution in [1.29, 1.82) is 0 Å². The van der Waals surface area contributed by atoms with E-state index >= 15 is 0 Å². The summed E-state index contributed by atoms with van der Waals surface area (Å²) in [6, 6.07) is 13.7. The van der Waals surface area contributed by atoms with Crippen molar-refractivity contribution >= 4 is 5.97 Å². The summed E-state index contributed by atoms with van der Waals surface area (Å²) < 4.78 is 10.0. The van der Waals surface area contributed by atoms with Crippen LogP contribution in [0.15, 0.2) is 42.5 Å². The molecule has 104 valence electrons. The average Bonchev–Trinajstić information content (AvgIpc) is 2.47. The topological polar surface area (TPSA) is 35.5 Å². The number of carbonyl (C=O) groups is 1. The van der Waals surface area contributed by atoms with Crippen LogP contribution in [-0.2, 0) is 16.1 Å². The maximum Gasteiger partial charge on any atom is 0.337 e. The minimum Gasteiger partial charge on any atom is -0.465 e. The molecule has 0 saturated heterocycles. The normalized spacial score (nSPS) is 10.3. The van der Waals surface area contributed by atoms with Crippen molar-refractivity contribution in [3.05, 3.63) is 59.2 Å². The summed E-state index contributed by atoms with van der Waals surface area (Å²) in [4.78, 5) is 11.6. The van der Waals surface area contributed by atoms with Crippen LogP contribution in [0, 0.1) is 6.92 Å². The highest BCUT2D eigenvalue weighted by molar-refractivity contribution is 5.90. The zero-order chi connectivity index (χ0) is 14.5. The lowest BCUT2D eigenvalue weighted by molar-refractivity contribution is 0.0600. The molecule has 3 nitrogen and oxygen atoms in total. The van der Waals surface area contributed by atoms with Gasteiger partial charge in [-0.1, -0.05) is 30.3 Å². The second kappa shape index (κ2) is 6.35. The van der Waals surface area contributed by atoms with Crippen molar-refractivity contribution in [1.82, 2.24) is 0 Å². The Bertz CT molecular complexity index is 617. The van der Waals surface area contributed by atoms with Crippen molar-refractivity contribution in [2.24, 2.45) is 0 Å². The van der Waals surface area contributed by atoms with E-state index in [1.165, 1.54) is 12.7 Å². The van der Waals surface area contributed by atoms with Crippen molar-refractivity contribution in [2.75, 3.05) is 14.2 Å². The first-order valence-electron chi connectivity index (χ1n) is 6.43. The predicted molar refractivity (Wildman–Crippen MR) is 78.7 cm³/mol. The van der Waals surface area contributed by atoms with Gasteiger partial charge in [0.25, 0.3) is 0 Å². The molecular weight excluding hydrogens is 252 g/mol. The number of hydrogen-bond donors (Lipinski definition) is 0. The van der Waals surface area contributed by atoms with Crippen molar-refractivity contribution in [3.8, 4) is 11.1 Å². The second-order valence-corrected chi connectivity index (χ2v) is 4.61. The lowest BCUT2D eigenvalue weighted by Crippen LogP contribution is -2.03. The lowest BCUT2D eigenvalue weighted by atomic mass is 9.95. The van der Waals surface area contributed by atoms with Gasteiger partial charge < -0.3 is 9.47 Å². The summed E-state index contributed by atoms with van der Waals surface area (Å²) in [6.07, 6.45) is 0. The van der Waals surface area contributed by atoms with Crippen LogP contribution >= 0.6 is 0 Å². The minimum atomic E-state index is -0.335. The highest BCUT2D eigenvalue weighted by Crippen LogP contribution is 2.28. The molecule has 0 amide bonds. The van der Waals surface area contributed by atoms with E-state index in [9.17, 15) is 4.79 Å². The Labute approximate surface area is 119 Å². The Morgan fingerprint density at radius 1 is 1.05 bits per heavy atom. The number of carbonyl (C=O) groups excluding carboxylic acids is 1. The Hall–Kier alpha value is -2.13. The number of esters is 1. The Morgan fingerprint density at radius 3 is 2.45 bits per heavy atom. The molecule has 0 aromatic heterocycles. The summed E-state index contributed by atoms with van der Waals surface area (Å²) in [6.45, 7) is 2.52. The molecule has 0 heterocycles. The molecule has 0 spiro atoms. The van der Waals surface area contributed by atoms with Gasteiger partial charge in [-0.2, -0.15) is 0 Å². The molecule has 0 fully saturated rings. The molecule has 0 saturated carbocycles. The molecule has 0 N–H and O–H groups in total. The second-order valence-electron chi connectivity index (χ2n) is 4.61. The van der Waals surface area contributed by atoms with Crippen LogP contribution in [0.4, 0.5) is 0 Å². The largest absolute Gasteiger partial charge is 0.465 e. The van der Waals surface area contributed by atoms with Gasteiger partial charge in [-0.25, -0.2) is 4.79 Å². The van der Waals surface area contributed by atoms with Gasteiger partial charge in [0.05, 0.1) is 19.3 Å². The zero-order valence-electron chi connectivity index (χ0n) is 12.0. The Kier molecular flexibility index (Phi) is 4.53. The molecular formula is C17H18O3. The first kappa shape index (κ1) is 14.3. The van der Waals surface area contributed by atoms with Gasteiger partial charge in [-0.15, -0.1) is 0 Å². The number of benzene rings is 2. The van der Waals surface area contributed by atoms with Crippen LogP contribution in [-0.4, -0.2) is 20.2 Å². The fourth-order valence-electron chi connectivity index (χ4n) is 2.25. The maximum atomic E-state index is 11.6. The summed E-state index contributed by atoms with van der Waals surface area (Å²) >= 11 is 0. The van der Waals surface area contributed by atoms with Gasteiger partial charge in [-0.05, 0) is 41.3 Å². The number of methoxy groups -OCH3 is 2. The molecule has 2 aromatic carbocycles. The summed E-state index contributed by atoms with van der Waals surface area (Å²) in [5, 5.41) is 0. The highest BCUT2D eigenvalue weighted by Gasteiger charge is 2.12. The first-order chi connectivity index (χ1) is 9.67. The monoisotopic (exact) mass is 270 g/mol. The molecule has 0 atom stereocenters. The van der Waals surface area contributed by atoms with E-state index in [1.807, 2.05) is 24.3 Å². The summed E-state index contributed by atoms with van der Waals surface area (Å²) in [5.74, 6) is -0.335. The molecule has 0 bridgehead atoms. The molecule has 3 heteroatoms. The molecule has 0 unspecified atom stereocenters. The van der Waals surface area contributed by atoms with E-state index in [1.54, 1.807) is 13.2 Å². The number of hydrogen-bond acceptors (Lipinski definition) is 3. The van der Waals surface area contributed by atoms with Crippen molar-refractivity contribution in [3.63, 3.8) is 0 Å². The molecule has 2 rings (SSSR count). The minimum absolute atomic E-state index is 0.335. The molecule has 0 aliphatic carbocycles. The van der Waals surface area contributed by atoms with E-state index < -0.39 is 0 Å².